The molecule has 2 atom stereocenters. The number of benzene rings is 2. The summed E-state index contributed by atoms with van der Waals surface area (Å²) in [7, 11) is 0. The van der Waals surface area contributed by atoms with E-state index < -0.39 is 23.6 Å². The molecule has 1 aliphatic heterocycles. The number of rotatable bonds is 4. The lowest BCUT2D eigenvalue weighted by Gasteiger charge is -2.37. The molecule has 2 aromatic carbocycles. The van der Waals surface area contributed by atoms with Crippen molar-refractivity contribution >= 4 is 46.6 Å². The summed E-state index contributed by atoms with van der Waals surface area (Å²) in [5.74, 6) is -2.96. The molecule has 0 radical (unpaired) electrons. The number of dihydropyridines is 1. The maximum atomic E-state index is 14.7. The molecule has 4 rings (SSSR count). The third kappa shape index (κ3) is 4.30. The molecule has 1 N–H and O–H groups in total. The summed E-state index contributed by atoms with van der Waals surface area (Å²) in [6.45, 7) is 3.64. The van der Waals surface area contributed by atoms with Crippen molar-refractivity contribution in [2.75, 3.05) is 6.61 Å². The Kier molecular flexibility index (Phi) is 6.85. The Labute approximate surface area is 206 Å². The minimum Gasteiger partial charge on any atom is -0.463 e. The van der Waals surface area contributed by atoms with E-state index in [1.54, 1.807) is 38.1 Å². The number of halogens is 4. The first kappa shape index (κ1) is 23.8. The zero-order valence-corrected chi connectivity index (χ0v) is 20.2. The van der Waals surface area contributed by atoms with Gasteiger partial charge in [-0.3, -0.25) is 4.79 Å². The summed E-state index contributed by atoms with van der Waals surface area (Å²) in [6.07, 6.45) is 0.861. The normalized spacial score (nSPS) is 20.5. The molecule has 0 saturated carbocycles. The Morgan fingerprint density at radius 1 is 1.18 bits per heavy atom. The zero-order valence-electron chi connectivity index (χ0n) is 18.0. The van der Waals surface area contributed by atoms with Crippen LogP contribution in [-0.2, 0) is 14.3 Å². The maximum Gasteiger partial charge on any atom is 0.336 e. The van der Waals surface area contributed by atoms with E-state index in [1.165, 1.54) is 12.1 Å². The average Bonchev–Trinajstić information content (AvgIpc) is 2.74. The highest BCUT2D eigenvalue weighted by atomic mass is 35.5. The van der Waals surface area contributed by atoms with Crippen LogP contribution in [0.25, 0.3) is 0 Å². The molecule has 2 aliphatic rings. The smallest absolute Gasteiger partial charge is 0.336 e. The SMILES string of the molecule is CCOC(=O)C1=C(C)NC2=C(C(=O)[C@@H](c3c(F)cccc3Cl)CC2)[C@@H]1c1ccc(Cl)cc1Cl. The van der Waals surface area contributed by atoms with E-state index in [9.17, 15) is 14.0 Å². The lowest BCUT2D eigenvalue weighted by atomic mass is 9.70. The lowest BCUT2D eigenvalue weighted by molar-refractivity contribution is -0.138. The maximum absolute atomic E-state index is 14.7. The van der Waals surface area contributed by atoms with Crippen molar-refractivity contribution in [3.63, 3.8) is 0 Å². The number of hydrogen-bond donors (Lipinski definition) is 1. The Bertz CT molecular complexity index is 1200. The van der Waals surface area contributed by atoms with Gasteiger partial charge in [0, 0.05) is 43.5 Å². The number of ketones is 1. The topological polar surface area (TPSA) is 55.4 Å². The van der Waals surface area contributed by atoms with Gasteiger partial charge in [-0.15, -0.1) is 0 Å². The van der Waals surface area contributed by atoms with E-state index in [-0.39, 0.29) is 28.5 Å². The molecule has 33 heavy (non-hydrogen) atoms. The van der Waals surface area contributed by atoms with Gasteiger partial charge in [-0.05, 0) is 56.5 Å². The first-order chi connectivity index (χ1) is 15.7. The summed E-state index contributed by atoms with van der Waals surface area (Å²) in [5.41, 5.74) is 2.63. The molecule has 1 heterocycles. The fourth-order valence-electron chi connectivity index (χ4n) is 4.64. The summed E-state index contributed by atoms with van der Waals surface area (Å²) >= 11 is 18.9. The minimum atomic E-state index is -0.786. The van der Waals surface area contributed by atoms with Gasteiger partial charge in [0.1, 0.15) is 5.82 Å². The molecular weight excluding hydrogens is 488 g/mol. The number of nitrogens with one attached hydrogen (secondary N) is 1. The van der Waals surface area contributed by atoms with Crippen LogP contribution in [-0.4, -0.2) is 18.4 Å². The van der Waals surface area contributed by atoms with Crippen molar-refractivity contribution in [2.45, 2.75) is 38.5 Å². The molecule has 2 aromatic rings. The molecule has 172 valence electrons. The predicted octanol–water partition coefficient (Wildman–Crippen LogP) is 6.71. The van der Waals surface area contributed by atoms with Crippen LogP contribution in [0.3, 0.4) is 0 Å². The third-order valence-corrected chi connectivity index (χ3v) is 6.92. The molecule has 4 nitrogen and oxygen atoms in total. The molecule has 0 saturated heterocycles. The second kappa shape index (κ2) is 9.49. The van der Waals surface area contributed by atoms with Gasteiger partial charge in [-0.25, -0.2) is 9.18 Å². The summed E-state index contributed by atoms with van der Waals surface area (Å²) in [4.78, 5) is 26.9. The lowest BCUT2D eigenvalue weighted by Crippen LogP contribution is -2.37. The Morgan fingerprint density at radius 2 is 1.94 bits per heavy atom. The number of Topliss-reactive ketones (excluding diaryl/α,β-unsaturated/α-hetero) is 1. The van der Waals surface area contributed by atoms with Crippen LogP contribution in [0.15, 0.2) is 58.9 Å². The fraction of sp³-hybridized carbons (Fsp3) is 0.280. The van der Waals surface area contributed by atoms with Gasteiger partial charge in [-0.1, -0.05) is 46.9 Å². The molecule has 0 amide bonds. The molecule has 0 spiro atoms. The molecule has 0 bridgehead atoms. The van der Waals surface area contributed by atoms with E-state index in [2.05, 4.69) is 5.32 Å². The summed E-state index contributed by atoms with van der Waals surface area (Å²) < 4.78 is 20.1. The van der Waals surface area contributed by atoms with Crippen molar-refractivity contribution < 1.29 is 18.7 Å². The molecule has 0 fully saturated rings. The Balaban J connectivity index is 1.90. The van der Waals surface area contributed by atoms with Crippen LogP contribution in [0, 0.1) is 5.82 Å². The van der Waals surface area contributed by atoms with E-state index in [0.717, 1.165) is 0 Å². The van der Waals surface area contributed by atoms with Crippen LogP contribution in [0.1, 0.15) is 49.7 Å². The van der Waals surface area contributed by atoms with Gasteiger partial charge >= 0.3 is 5.97 Å². The number of carbonyl (C=O) groups is 2. The van der Waals surface area contributed by atoms with Crippen molar-refractivity contribution in [3.8, 4) is 0 Å². The molecule has 8 heteroatoms. The quantitative estimate of drug-likeness (QED) is 0.466. The van der Waals surface area contributed by atoms with E-state index in [0.29, 0.717) is 45.4 Å². The highest BCUT2D eigenvalue weighted by Gasteiger charge is 2.44. The predicted molar refractivity (Wildman–Crippen MR) is 127 cm³/mol. The molecule has 1 aliphatic carbocycles. The third-order valence-electron chi connectivity index (χ3n) is 6.03. The van der Waals surface area contributed by atoms with Gasteiger partial charge < -0.3 is 10.1 Å². The van der Waals surface area contributed by atoms with Crippen LogP contribution >= 0.6 is 34.8 Å². The Morgan fingerprint density at radius 3 is 2.61 bits per heavy atom. The highest BCUT2D eigenvalue weighted by Crippen LogP contribution is 2.48. The fourth-order valence-corrected chi connectivity index (χ4v) is 5.45. The number of esters is 1. The monoisotopic (exact) mass is 507 g/mol. The first-order valence-electron chi connectivity index (χ1n) is 10.6. The number of allylic oxidation sites excluding steroid dienone is 3. The Hall–Kier alpha value is -2.34. The van der Waals surface area contributed by atoms with E-state index in [4.69, 9.17) is 39.5 Å². The van der Waals surface area contributed by atoms with Crippen molar-refractivity contribution in [3.05, 3.63) is 91.0 Å². The average molecular weight is 509 g/mol. The summed E-state index contributed by atoms with van der Waals surface area (Å²) in [6, 6.07) is 9.28. The van der Waals surface area contributed by atoms with Crippen LogP contribution in [0.5, 0.6) is 0 Å². The number of ether oxygens (including phenoxy) is 1. The van der Waals surface area contributed by atoms with Crippen LogP contribution in [0.2, 0.25) is 15.1 Å². The van der Waals surface area contributed by atoms with Crippen LogP contribution in [0.4, 0.5) is 4.39 Å². The highest BCUT2D eigenvalue weighted by molar-refractivity contribution is 6.35. The number of hydrogen-bond acceptors (Lipinski definition) is 4. The minimum absolute atomic E-state index is 0.167. The number of carbonyl (C=O) groups excluding carboxylic acids is 2. The van der Waals surface area contributed by atoms with Gasteiger partial charge in [0.05, 0.1) is 18.1 Å². The molecule has 0 aromatic heterocycles. The second-order valence-corrected chi connectivity index (χ2v) is 9.22. The largest absolute Gasteiger partial charge is 0.463 e. The van der Waals surface area contributed by atoms with Crippen molar-refractivity contribution in [1.82, 2.24) is 5.32 Å². The molecule has 0 unspecified atom stereocenters. The van der Waals surface area contributed by atoms with Crippen molar-refractivity contribution in [2.24, 2.45) is 0 Å². The van der Waals surface area contributed by atoms with Gasteiger partial charge in [0.2, 0.25) is 0 Å². The second-order valence-electron chi connectivity index (χ2n) is 7.97. The van der Waals surface area contributed by atoms with Crippen molar-refractivity contribution in [1.29, 1.82) is 0 Å². The summed E-state index contributed by atoms with van der Waals surface area (Å²) in [5, 5.41) is 4.15. The van der Waals surface area contributed by atoms with E-state index in [1.807, 2.05) is 0 Å². The van der Waals surface area contributed by atoms with Gasteiger partial charge in [0.15, 0.2) is 5.78 Å². The zero-order chi connectivity index (χ0) is 23.9. The van der Waals surface area contributed by atoms with E-state index >= 15 is 0 Å². The molecular formula is C25H21Cl3FNO3. The first-order valence-corrected chi connectivity index (χ1v) is 11.7. The van der Waals surface area contributed by atoms with Gasteiger partial charge in [-0.2, -0.15) is 0 Å². The van der Waals surface area contributed by atoms with Gasteiger partial charge in [0.25, 0.3) is 0 Å². The van der Waals surface area contributed by atoms with Crippen LogP contribution < -0.4 is 5.32 Å². The standard InChI is InChI=1S/C25H21Cl3FNO3/c1-3-33-25(32)20-12(2)30-19-10-9-15(21-16(27)5-4-6-18(21)29)24(31)23(19)22(20)14-8-7-13(26)11-17(14)28/h4-8,11,15,22,30H,3,9-10H2,1-2H3/t15-,22-/m1/s1.